The zero-order chi connectivity index (χ0) is 32.0. The van der Waals surface area contributed by atoms with Gasteiger partial charge in [0.05, 0.1) is 17.9 Å². The van der Waals surface area contributed by atoms with E-state index in [1.54, 1.807) is 6.08 Å². The minimum atomic E-state index is -4.44. The Kier molecular flexibility index (Phi) is 28.7. The standard InChI is InChI=1S/C35H67NO6S/c1-3-5-7-9-11-13-14-15-16-17-18-19-20-21-22-24-25-27-29-33(37)32(31-43(40,41)42)36-35(39)34(38)30-28-26-23-12-10-8-6-4-2/h23,26-27,29,32-34,37-38H,3-22,24-25,28,30-31H2,1-2H3,(H,36,39)(H,40,41,42)/b26-23-,29-27+. The first-order valence-corrected chi connectivity index (χ1v) is 19.3. The summed E-state index contributed by atoms with van der Waals surface area (Å²) >= 11 is 0. The molecule has 0 heterocycles. The van der Waals surface area contributed by atoms with Gasteiger partial charge in [-0.3, -0.25) is 9.35 Å². The highest BCUT2D eigenvalue weighted by Crippen LogP contribution is 2.14. The van der Waals surface area contributed by atoms with Crippen molar-refractivity contribution in [3.05, 3.63) is 24.3 Å². The van der Waals surface area contributed by atoms with E-state index in [1.165, 1.54) is 115 Å². The van der Waals surface area contributed by atoms with Gasteiger partial charge in [-0.2, -0.15) is 8.42 Å². The fourth-order valence-electron chi connectivity index (χ4n) is 5.22. The monoisotopic (exact) mass is 629 g/mol. The van der Waals surface area contributed by atoms with Gasteiger partial charge in [-0.05, 0) is 38.5 Å². The highest BCUT2D eigenvalue weighted by molar-refractivity contribution is 7.85. The van der Waals surface area contributed by atoms with Crippen LogP contribution in [0.25, 0.3) is 0 Å². The molecule has 1 amide bonds. The van der Waals surface area contributed by atoms with E-state index >= 15 is 0 Å². The molecule has 254 valence electrons. The highest BCUT2D eigenvalue weighted by Gasteiger charge is 2.27. The molecule has 3 unspecified atom stereocenters. The summed E-state index contributed by atoms with van der Waals surface area (Å²) in [6.07, 6.45) is 32.6. The number of aliphatic hydroxyl groups excluding tert-OH is 2. The molecule has 0 fully saturated rings. The van der Waals surface area contributed by atoms with Crippen molar-refractivity contribution in [1.29, 1.82) is 0 Å². The van der Waals surface area contributed by atoms with Crippen molar-refractivity contribution in [2.45, 2.75) is 186 Å². The molecule has 0 aromatic rings. The molecule has 3 atom stereocenters. The van der Waals surface area contributed by atoms with Gasteiger partial charge in [0.15, 0.2) is 0 Å². The van der Waals surface area contributed by atoms with E-state index in [1.807, 2.05) is 6.08 Å². The van der Waals surface area contributed by atoms with E-state index < -0.39 is 40.0 Å². The van der Waals surface area contributed by atoms with Gasteiger partial charge in [0.1, 0.15) is 6.10 Å². The molecule has 0 aliphatic rings. The Morgan fingerprint density at radius 2 is 1.02 bits per heavy atom. The van der Waals surface area contributed by atoms with Gasteiger partial charge in [-0.15, -0.1) is 0 Å². The predicted octanol–water partition coefficient (Wildman–Crippen LogP) is 8.60. The van der Waals surface area contributed by atoms with Gasteiger partial charge >= 0.3 is 0 Å². The first-order valence-electron chi connectivity index (χ1n) is 17.6. The second kappa shape index (κ2) is 29.5. The van der Waals surface area contributed by atoms with Crippen molar-refractivity contribution in [2.24, 2.45) is 0 Å². The zero-order valence-corrected chi connectivity index (χ0v) is 28.5. The Morgan fingerprint density at radius 3 is 1.49 bits per heavy atom. The number of hydrogen-bond donors (Lipinski definition) is 4. The zero-order valence-electron chi connectivity index (χ0n) is 27.7. The Balaban J connectivity index is 4.10. The molecule has 0 radical (unpaired) electrons. The fraction of sp³-hybridized carbons (Fsp3) is 0.857. The van der Waals surface area contributed by atoms with Crippen molar-refractivity contribution in [2.75, 3.05) is 5.75 Å². The van der Waals surface area contributed by atoms with Crippen molar-refractivity contribution < 1.29 is 28.0 Å². The van der Waals surface area contributed by atoms with E-state index in [-0.39, 0.29) is 6.42 Å². The summed E-state index contributed by atoms with van der Waals surface area (Å²) in [6, 6.07) is -1.24. The second-order valence-electron chi connectivity index (χ2n) is 12.3. The molecular formula is C35H67NO6S. The minimum Gasteiger partial charge on any atom is -0.387 e. The number of allylic oxidation sites excluding steroid dienone is 3. The van der Waals surface area contributed by atoms with Crippen molar-refractivity contribution >= 4 is 16.0 Å². The summed E-state index contributed by atoms with van der Waals surface area (Å²) in [6.45, 7) is 4.43. The average molecular weight is 630 g/mol. The largest absolute Gasteiger partial charge is 0.387 e. The van der Waals surface area contributed by atoms with Crippen LogP contribution in [0.3, 0.4) is 0 Å². The number of rotatable bonds is 31. The Morgan fingerprint density at radius 1 is 0.628 bits per heavy atom. The molecule has 7 nitrogen and oxygen atoms in total. The highest BCUT2D eigenvalue weighted by atomic mass is 32.2. The molecule has 8 heteroatoms. The number of carbonyl (C=O) groups is 1. The van der Waals surface area contributed by atoms with Crippen LogP contribution in [0, 0.1) is 0 Å². The van der Waals surface area contributed by atoms with Gasteiger partial charge in [0.2, 0.25) is 5.91 Å². The minimum absolute atomic E-state index is 0.196. The van der Waals surface area contributed by atoms with Crippen molar-refractivity contribution in [1.82, 2.24) is 5.32 Å². The summed E-state index contributed by atoms with van der Waals surface area (Å²) < 4.78 is 32.3. The van der Waals surface area contributed by atoms with E-state index in [0.717, 1.165) is 32.1 Å². The lowest BCUT2D eigenvalue weighted by atomic mass is 10.0. The number of nitrogens with one attached hydrogen (secondary N) is 1. The molecular weight excluding hydrogens is 562 g/mol. The van der Waals surface area contributed by atoms with E-state index in [0.29, 0.717) is 6.42 Å². The van der Waals surface area contributed by atoms with E-state index in [4.69, 9.17) is 0 Å². The first-order chi connectivity index (χ1) is 20.7. The molecule has 0 bridgehead atoms. The third-order valence-electron chi connectivity index (χ3n) is 7.99. The molecule has 0 saturated carbocycles. The Labute approximate surface area is 265 Å². The number of unbranched alkanes of at least 4 members (excludes halogenated alkanes) is 20. The summed E-state index contributed by atoms with van der Waals surface area (Å²) in [4.78, 5) is 12.4. The van der Waals surface area contributed by atoms with Crippen LogP contribution in [0.1, 0.15) is 168 Å². The van der Waals surface area contributed by atoms with Gasteiger partial charge in [-0.1, -0.05) is 154 Å². The summed E-state index contributed by atoms with van der Waals surface area (Å²) in [5, 5.41) is 23.1. The lowest BCUT2D eigenvalue weighted by molar-refractivity contribution is -0.130. The molecule has 0 aromatic carbocycles. The first kappa shape index (κ1) is 41.8. The number of amides is 1. The van der Waals surface area contributed by atoms with Gasteiger partial charge in [0.25, 0.3) is 10.1 Å². The Hall–Kier alpha value is -1.22. The number of aliphatic hydroxyl groups is 2. The maximum absolute atomic E-state index is 12.4. The second-order valence-corrected chi connectivity index (χ2v) is 13.8. The Bertz CT molecular complexity index is 798. The predicted molar refractivity (Wildman–Crippen MR) is 181 cm³/mol. The maximum Gasteiger partial charge on any atom is 0.267 e. The average Bonchev–Trinajstić information content (AvgIpc) is 2.96. The van der Waals surface area contributed by atoms with Crippen LogP contribution < -0.4 is 5.32 Å². The molecule has 4 N–H and O–H groups in total. The van der Waals surface area contributed by atoms with Crippen molar-refractivity contribution in [3.63, 3.8) is 0 Å². The normalized spacial score (nSPS) is 14.4. The third-order valence-corrected chi connectivity index (χ3v) is 8.77. The van der Waals surface area contributed by atoms with Crippen LogP contribution in [-0.2, 0) is 14.9 Å². The molecule has 0 aliphatic heterocycles. The van der Waals surface area contributed by atoms with Crippen molar-refractivity contribution in [3.8, 4) is 0 Å². The van der Waals surface area contributed by atoms with E-state index in [9.17, 15) is 28.0 Å². The van der Waals surface area contributed by atoms with Crippen LogP contribution in [0.2, 0.25) is 0 Å². The van der Waals surface area contributed by atoms with Crippen LogP contribution in [0.15, 0.2) is 24.3 Å². The molecule has 43 heavy (non-hydrogen) atoms. The lowest BCUT2D eigenvalue weighted by Gasteiger charge is -2.22. The lowest BCUT2D eigenvalue weighted by Crippen LogP contribution is -2.50. The smallest absolute Gasteiger partial charge is 0.267 e. The number of hydrogen-bond acceptors (Lipinski definition) is 5. The quantitative estimate of drug-likeness (QED) is 0.0346. The molecule has 0 saturated heterocycles. The summed E-state index contributed by atoms with van der Waals surface area (Å²) in [5.74, 6) is -1.58. The van der Waals surface area contributed by atoms with Gasteiger partial charge in [0, 0.05) is 0 Å². The SMILES string of the molecule is CCCCCC/C=C\CCC(O)C(=O)NC(CS(=O)(=O)O)C(O)/C=C/CCCCCCCCCCCCCCCCCC. The molecule has 0 aliphatic carbocycles. The van der Waals surface area contributed by atoms with E-state index in [2.05, 4.69) is 25.2 Å². The number of carbonyl (C=O) groups excluding carboxylic acids is 1. The van der Waals surface area contributed by atoms with Crippen LogP contribution in [-0.4, -0.2) is 53.1 Å². The summed E-state index contributed by atoms with van der Waals surface area (Å²) in [5.41, 5.74) is 0. The third kappa shape index (κ3) is 29.3. The fourth-order valence-corrected chi connectivity index (χ4v) is 5.96. The molecule has 0 spiro atoms. The summed E-state index contributed by atoms with van der Waals surface area (Å²) in [7, 11) is -4.44. The van der Waals surface area contributed by atoms with Crippen LogP contribution in [0.4, 0.5) is 0 Å². The molecule has 0 rings (SSSR count). The van der Waals surface area contributed by atoms with Gasteiger partial charge in [-0.25, -0.2) is 0 Å². The van der Waals surface area contributed by atoms with Gasteiger partial charge < -0.3 is 15.5 Å². The van der Waals surface area contributed by atoms with Crippen LogP contribution in [0.5, 0.6) is 0 Å². The maximum atomic E-state index is 12.4. The molecule has 0 aromatic heterocycles. The topological polar surface area (TPSA) is 124 Å². The van der Waals surface area contributed by atoms with Crippen LogP contribution >= 0.6 is 0 Å².